The van der Waals surface area contributed by atoms with Gasteiger partial charge in [0.2, 0.25) is 6.20 Å². The standard InChI is InChI=1S/C23H25N5O3/c1-27-15-16(13-25-27)23-14-24-21-6-5-17(11-22(21)26-23)28(7-4-8-29)18-9-19(30-2)12-20(10-18)31-3/h5-6,9-15,29H,4,7-8H2,1-3H3/p+1/i2D3,3D3,4D2,7D2,8D2. The number of nitrogens with one attached hydrogen (secondary N) is 1. The summed E-state index contributed by atoms with van der Waals surface area (Å²) in [6.07, 6.45) is 1.28. The van der Waals surface area contributed by atoms with Gasteiger partial charge in [0.25, 0.3) is 0 Å². The van der Waals surface area contributed by atoms with Crippen molar-refractivity contribution in [3.63, 3.8) is 0 Å². The van der Waals surface area contributed by atoms with E-state index in [-0.39, 0.29) is 11.2 Å². The lowest BCUT2D eigenvalue weighted by molar-refractivity contribution is -0.726. The summed E-state index contributed by atoms with van der Waals surface area (Å²) in [4.78, 5) is 9.54. The summed E-state index contributed by atoms with van der Waals surface area (Å²) < 4.78 is 106. The number of hydrogen-bond acceptors (Lipinski definition) is 6. The molecule has 0 aliphatic rings. The van der Waals surface area contributed by atoms with Gasteiger partial charge in [0, 0.05) is 48.1 Å². The Morgan fingerprint density at radius 3 is 2.61 bits per heavy atom. The van der Waals surface area contributed by atoms with Crippen LogP contribution in [0, 0.1) is 0 Å². The molecule has 31 heavy (non-hydrogen) atoms. The second-order valence-corrected chi connectivity index (χ2v) is 6.45. The molecule has 0 unspecified atom stereocenters. The van der Waals surface area contributed by atoms with E-state index in [9.17, 15) is 5.11 Å². The predicted octanol–water partition coefficient (Wildman–Crippen LogP) is 2.99. The largest absolute Gasteiger partial charge is 0.497 e. The van der Waals surface area contributed by atoms with E-state index in [1.54, 1.807) is 24.1 Å². The first-order valence-corrected chi connectivity index (χ1v) is 8.94. The zero-order valence-electron chi connectivity index (χ0n) is 28.2. The number of H-pyrrole nitrogens is 1. The Kier molecular flexibility index (Phi) is 3.08. The molecule has 4 aromatic rings. The van der Waals surface area contributed by atoms with Crippen molar-refractivity contribution in [2.75, 3.05) is 32.0 Å². The summed E-state index contributed by atoms with van der Waals surface area (Å²) in [7, 11) is -4.29. The van der Waals surface area contributed by atoms with Crippen LogP contribution in [0.4, 0.5) is 11.4 Å². The molecule has 0 saturated heterocycles. The molecule has 0 fully saturated rings. The average Bonchev–Trinajstić information content (AvgIpc) is 3.26. The van der Waals surface area contributed by atoms with Gasteiger partial charge >= 0.3 is 0 Å². The van der Waals surface area contributed by atoms with Crippen LogP contribution in [0.25, 0.3) is 22.3 Å². The van der Waals surface area contributed by atoms with Gasteiger partial charge < -0.3 is 19.5 Å². The van der Waals surface area contributed by atoms with Crippen LogP contribution in [0.2, 0.25) is 0 Å². The van der Waals surface area contributed by atoms with E-state index in [4.69, 9.17) is 25.9 Å². The molecule has 0 spiro atoms. The van der Waals surface area contributed by atoms with Gasteiger partial charge in [0.15, 0.2) is 7.05 Å². The van der Waals surface area contributed by atoms with Crippen molar-refractivity contribution < 1.29 is 35.7 Å². The Balaban J connectivity index is 1.99. The number of aryl methyl sites for hydroxylation is 1. The lowest BCUT2D eigenvalue weighted by Gasteiger charge is -2.26. The molecule has 0 radical (unpaired) electrons. The molecule has 2 heterocycles. The van der Waals surface area contributed by atoms with Gasteiger partial charge in [-0.3, -0.25) is 4.98 Å². The minimum Gasteiger partial charge on any atom is -0.497 e. The fourth-order valence-electron chi connectivity index (χ4n) is 3.04. The quantitative estimate of drug-likeness (QED) is 0.416. The Bertz CT molecular complexity index is 1600. The second-order valence-electron chi connectivity index (χ2n) is 6.45. The summed E-state index contributed by atoms with van der Waals surface area (Å²) in [5, 5.41) is 13.0. The van der Waals surface area contributed by atoms with Gasteiger partial charge in [-0.15, -0.1) is 4.68 Å². The predicted molar refractivity (Wildman–Crippen MR) is 119 cm³/mol. The number of aromatic amines is 1. The molecule has 0 aliphatic heterocycles. The monoisotopic (exact) mass is 432 g/mol. The zero-order chi connectivity index (χ0) is 32.2. The topological polar surface area (TPSA) is 87.4 Å². The highest BCUT2D eigenvalue weighted by molar-refractivity contribution is 5.82. The maximum atomic E-state index is 10.0. The van der Waals surface area contributed by atoms with E-state index in [1.807, 2.05) is 0 Å². The van der Waals surface area contributed by atoms with E-state index in [0.29, 0.717) is 21.7 Å². The number of nitrogens with zero attached hydrogens (tertiary/aromatic N) is 4. The maximum Gasteiger partial charge on any atom is 0.204 e. The number of aliphatic hydroxyl groups is 1. The maximum absolute atomic E-state index is 10.0. The van der Waals surface area contributed by atoms with Crippen molar-refractivity contribution >= 4 is 22.4 Å². The number of aromatic nitrogens is 4. The van der Waals surface area contributed by atoms with Gasteiger partial charge in [-0.2, -0.15) is 5.10 Å². The van der Waals surface area contributed by atoms with E-state index in [2.05, 4.69) is 15.1 Å². The van der Waals surface area contributed by atoms with E-state index in [0.717, 1.165) is 18.2 Å². The molecule has 2 aromatic carbocycles. The number of fused-ring (bicyclic) bond motifs is 1. The molecular formula is C23H26N5O3+. The molecule has 160 valence electrons. The van der Waals surface area contributed by atoms with Crippen LogP contribution in [0.1, 0.15) is 22.8 Å². The van der Waals surface area contributed by atoms with Crippen LogP contribution in [-0.4, -0.2) is 47.3 Å². The fraction of sp³-hybridized carbons (Fsp3) is 0.261. The fourth-order valence-corrected chi connectivity index (χ4v) is 3.04. The normalized spacial score (nSPS) is 18.9. The summed E-state index contributed by atoms with van der Waals surface area (Å²) in [5.74, 6) is -0.985. The van der Waals surface area contributed by atoms with Crippen molar-refractivity contribution in [2.24, 2.45) is 7.05 Å². The molecule has 0 bridgehead atoms. The lowest BCUT2D eigenvalue weighted by atomic mass is 10.2. The van der Waals surface area contributed by atoms with Gasteiger partial charge in [0.1, 0.15) is 11.5 Å². The highest BCUT2D eigenvalue weighted by atomic mass is 16.5. The summed E-state index contributed by atoms with van der Waals surface area (Å²) in [5.41, 5.74) is 1.11. The third-order valence-corrected chi connectivity index (χ3v) is 4.42. The molecule has 0 amide bonds. The number of rotatable bonds is 8. The Morgan fingerprint density at radius 1 is 1.13 bits per heavy atom. The van der Waals surface area contributed by atoms with Gasteiger partial charge in [-0.05, 0) is 24.6 Å². The molecule has 8 nitrogen and oxygen atoms in total. The number of ether oxygens (including phenoxy) is 2. The lowest BCUT2D eigenvalue weighted by Crippen LogP contribution is -2.27. The van der Waals surface area contributed by atoms with Crippen LogP contribution in [0.3, 0.4) is 0 Å². The zero-order valence-corrected chi connectivity index (χ0v) is 16.2. The Labute approximate surface area is 197 Å². The second kappa shape index (κ2) is 9.01. The average molecular weight is 433 g/mol. The van der Waals surface area contributed by atoms with Crippen LogP contribution >= 0.6 is 0 Å². The van der Waals surface area contributed by atoms with Crippen molar-refractivity contribution in [1.29, 1.82) is 0 Å². The first kappa shape index (κ1) is 10.6. The Morgan fingerprint density at radius 2 is 1.94 bits per heavy atom. The number of methoxy groups -OCH3 is 2. The molecule has 0 atom stereocenters. The molecule has 0 aliphatic carbocycles. The molecule has 0 saturated carbocycles. The summed E-state index contributed by atoms with van der Waals surface area (Å²) >= 11 is 0. The molecular weight excluding hydrogens is 394 g/mol. The summed E-state index contributed by atoms with van der Waals surface area (Å²) in [6.45, 7) is -7.17. The minimum absolute atomic E-state index is 0.150. The SMILES string of the molecule is [2H]C([2H])([2H])Oc1cc(OC([2H])([2H])[2H])cc(N(c2ccc3ncc(-c4c[nH][n+](C)c4)nc3c2)C([2H])([2H])C([2H])([2H])C([2H])([2H])O)c1. The van der Waals surface area contributed by atoms with E-state index in [1.165, 1.54) is 24.4 Å². The smallest absolute Gasteiger partial charge is 0.204 e. The number of benzene rings is 2. The van der Waals surface area contributed by atoms with E-state index >= 15 is 0 Å². The van der Waals surface area contributed by atoms with Crippen LogP contribution in [0.5, 0.6) is 11.5 Å². The number of anilines is 2. The third kappa shape index (κ3) is 4.44. The van der Waals surface area contributed by atoms with Crippen molar-refractivity contribution in [3.8, 4) is 22.8 Å². The third-order valence-electron chi connectivity index (χ3n) is 4.42. The summed E-state index contributed by atoms with van der Waals surface area (Å²) in [6, 6.07) is 6.96. The van der Waals surface area contributed by atoms with Crippen LogP contribution in [-0.2, 0) is 7.05 Å². The highest BCUT2D eigenvalue weighted by Gasteiger charge is 2.15. The van der Waals surface area contributed by atoms with Crippen LogP contribution < -0.4 is 19.1 Å². The van der Waals surface area contributed by atoms with Crippen molar-refractivity contribution in [3.05, 3.63) is 55.0 Å². The van der Waals surface area contributed by atoms with Gasteiger partial charge in [-0.25, -0.2) is 4.98 Å². The van der Waals surface area contributed by atoms with Crippen molar-refractivity contribution in [2.45, 2.75) is 6.37 Å². The first-order chi connectivity index (χ1) is 19.6. The molecule has 2 N–H and O–H groups in total. The molecule has 8 heteroatoms. The van der Waals surface area contributed by atoms with E-state index < -0.39 is 50.7 Å². The Hall–Kier alpha value is -3.65. The number of hydrogen-bond donors (Lipinski definition) is 2. The van der Waals surface area contributed by atoms with Crippen LogP contribution in [0.15, 0.2) is 55.0 Å². The molecule has 2 aromatic heterocycles. The van der Waals surface area contributed by atoms with Gasteiger partial charge in [-0.1, -0.05) is 0 Å². The van der Waals surface area contributed by atoms with Gasteiger partial charge in [0.05, 0.1) is 59.7 Å². The highest BCUT2D eigenvalue weighted by Crippen LogP contribution is 2.34. The van der Waals surface area contributed by atoms with Crippen molar-refractivity contribution in [1.82, 2.24) is 15.1 Å². The first-order valence-electron chi connectivity index (χ1n) is 14.9. The minimum atomic E-state index is -3.73. The molecule has 4 rings (SSSR count).